The van der Waals surface area contributed by atoms with E-state index in [1.807, 2.05) is 13.0 Å². The van der Waals surface area contributed by atoms with E-state index in [0.717, 1.165) is 11.3 Å². The summed E-state index contributed by atoms with van der Waals surface area (Å²) in [6, 6.07) is 1.25. The first-order chi connectivity index (χ1) is 8.82. The molecule has 2 heterocycles. The lowest BCUT2D eigenvalue weighted by Crippen LogP contribution is -2.34. The number of thiophene rings is 1. The average Bonchev–Trinajstić information content (AvgIpc) is 2.73. The van der Waals surface area contributed by atoms with E-state index in [1.54, 1.807) is 6.92 Å². The first-order valence-corrected chi connectivity index (χ1v) is 8.07. The quantitative estimate of drug-likeness (QED) is 0.868. The monoisotopic (exact) mass is 301 g/mol. The minimum Gasteiger partial charge on any atom is -0.477 e. The molecule has 1 aliphatic heterocycles. The maximum absolute atomic E-state index is 12.5. The van der Waals surface area contributed by atoms with Crippen LogP contribution in [0.5, 0.6) is 0 Å². The topological polar surface area (TPSA) is 74.7 Å². The summed E-state index contributed by atoms with van der Waals surface area (Å²) < 4.78 is 26.3. The number of nitrogens with zero attached hydrogens (tertiary/aromatic N) is 1. The molecule has 104 valence electrons. The van der Waals surface area contributed by atoms with Crippen molar-refractivity contribution in [3.8, 4) is 0 Å². The molecule has 0 saturated carbocycles. The molecule has 0 amide bonds. The van der Waals surface area contributed by atoms with Crippen LogP contribution < -0.4 is 0 Å². The Hall–Kier alpha value is -1.18. The summed E-state index contributed by atoms with van der Waals surface area (Å²) in [7, 11) is -3.59. The predicted molar refractivity (Wildman–Crippen MR) is 73.1 cm³/mol. The summed E-state index contributed by atoms with van der Waals surface area (Å²) in [5.74, 6) is -1.09. The Kier molecular flexibility index (Phi) is 3.80. The average molecular weight is 301 g/mol. The van der Waals surface area contributed by atoms with Gasteiger partial charge in [-0.3, -0.25) is 0 Å². The van der Waals surface area contributed by atoms with Gasteiger partial charge in [-0.25, -0.2) is 13.2 Å². The molecular weight excluding hydrogens is 286 g/mol. The second-order valence-electron chi connectivity index (χ2n) is 4.50. The van der Waals surface area contributed by atoms with Crippen molar-refractivity contribution in [2.45, 2.75) is 25.2 Å². The zero-order valence-electron chi connectivity index (χ0n) is 10.7. The van der Waals surface area contributed by atoms with E-state index in [9.17, 15) is 13.2 Å². The van der Waals surface area contributed by atoms with Crippen LogP contribution >= 0.6 is 11.3 Å². The second kappa shape index (κ2) is 5.07. The smallest absolute Gasteiger partial charge is 0.345 e. The molecule has 1 aromatic heterocycles. The second-order valence-corrected chi connectivity index (χ2v) is 7.66. The Labute approximate surface area is 116 Å². The van der Waals surface area contributed by atoms with Gasteiger partial charge >= 0.3 is 5.97 Å². The Bertz CT molecular complexity index is 643. The molecule has 1 aliphatic rings. The summed E-state index contributed by atoms with van der Waals surface area (Å²) in [4.78, 5) is 11.6. The number of rotatable bonds is 3. The van der Waals surface area contributed by atoms with Crippen LogP contribution in [0.15, 0.2) is 22.6 Å². The fourth-order valence-corrected chi connectivity index (χ4v) is 4.72. The number of hydrogen-bond donors (Lipinski definition) is 1. The van der Waals surface area contributed by atoms with Gasteiger partial charge in [0.1, 0.15) is 4.88 Å². The van der Waals surface area contributed by atoms with E-state index in [1.165, 1.54) is 15.9 Å². The Balaban J connectivity index is 2.37. The van der Waals surface area contributed by atoms with E-state index in [-0.39, 0.29) is 9.77 Å². The summed E-state index contributed by atoms with van der Waals surface area (Å²) in [5.41, 5.74) is 1.18. The highest BCUT2D eigenvalue weighted by Gasteiger charge is 2.29. The van der Waals surface area contributed by atoms with Gasteiger partial charge < -0.3 is 5.11 Å². The van der Waals surface area contributed by atoms with Gasteiger partial charge in [0.2, 0.25) is 10.0 Å². The maximum Gasteiger partial charge on any atom is 0.345 e. The number of sulfonamides is 1. The van der Waals surface area contributed by atoms with Crippen LogP contribution in [-0.2, 0) is 10.0 Å². The van der Waals surface area contributed by atoms with Crippen molar-refractivity contribution in [1.29, 1.82) is 0 Å². The van der Waals surface area contributed by atoms with Crippen LogP contribution in [0.4, 0.5) is 0 Å². The Morgan fingerprint density at radius 1 is 1.42 bits per heavy atom. The zero-order valence-corrected chi connectivity index (χ0v) is 12.3. The zero-order chi connectivity index (χ0) is 14.2. The number of carboxylic acids is 1. The van der Waals surface area contributed by atoms with Crippen molar-refractivity contribution < 1.29 is 18.3 Å². The molecule has 0 unspecified atom stereocenters. The summed E-state index contributed by atoms with van der Waals surface area (Å²) in [5, 5.41) is 8.93. The van der Waals surface area contributed by atoms with Gasteiger partial charge in [-0.05, 0) is 26.3 Å². The van der Waals surface area contributed by atoms with E-state index >= 15 is 0 Å². The van der Waals surface area contributed by atoms with Crippen LogP contribution in [-0.4, -0.2) is 36.9 Å². The number of hydrogen-bond acceptors (Lipinski definition) is 4. The van der Waals surface area contributed by atoms with Gasteiger partial charge in [0.25, 0.3) is 0 Å². The van der Waals surface area contributed by atoms with E-state index < -0.39 is 16.0 Å². The highest BCUT2D eigenvalue weighted by Crippen LogP contribution is 2.29. The van der Waals surface area contributed by atoms with Gasteiger partial charge in [-0.15, -0.1) is 11.3 Å². The molecule has 0 atom stereocenters. The molecule has 0 radical (unpaired) electrons. The fraction of sp³-hybridized carbons (Fsp3) is 0.417. The largest absolute Gasteiger partial charge is 0.477 e. The van der Waals surface area contributed by atoms with Gasteiger partial charge in [0.05, 0.1) is 4.90 Å². The first kappa shape index (κ1) is 14.2. The molecule has 0 aromatic carbocycles. The van der Waals surface area contributed by atoms with Gasteiger partial charge in [0.15, 0.2) is 0 Å². The normalized spacial score (nSPS) is 17.3. The number of aryl methyl sites for hydroxylation is 1. The predicted octanol–water partition coefficient (Wildman–Crippen LogP) is 2.10. The lowest BCUT2D eigenvalue weighted by molar-refractivity contribution is 0.0702. The van der Waals surface area contributed by atoms with Gasteiger partial charge in [-0.1, -0.05) is 11.6 Å². The highest BCUT2D eigenvalue weighted by atomic mass is 32.2. The van der Waals surface area contributed by atoms with Gasteiger partial charge in [0, 0.05) is 18.0 Å². The number of carbonyl (C=O) groups is 1. The molecule has 19 heavy (non-hydrogen) atoms. The molecule has 2 rings (SSSR count). The van der Waals surface area contributed by atoms with Crippen LogP contribution in [0.3, 0.4) is 0 Å². The van der Waals surface area contributed by atoms with Crippen LogP contribution in [0.1, 0.15) is 27.9 Å². The van der Waals surface area contributed by atoms with Crippen LogP contribution in [0, 0.1) is 6.92 Å². The number of aromatic carboxylic acids is 1. The van der Waals surface area contributed by atoms with Crippen molar-refractivity contribution >= 4 is 27.3 Å². The Morgan fingerprint density at radius 2 is 2.11 bits per heavy atom. The van der Waals surface area contributed by atoms with Gasteiger partial charge in [-0.2, -0.15) is 4.31 Å². The van der Waals surface area contributed by atoms with E-state index in [2.05, 4.69) is 0 Å². The highest BCUT2D eigenvalue weighted by molar-refractivity contribution is 7.89. The lowest BCUT2D eigenvalue weighted by Gasteiger charge is -2.24. The van der Waals surface area contributed by atoms with Crippen LogP contribution in [0.25, 0.3) is 0 Å². The minimum absolute atomic E-state index is 0.0554. The molecule has 1 N–H and O–H groups in total. The van der Waals surface area contributed by atoms with Crippen molar-refractivity contribution in [1.82, 2.24) is 4.31 Å². The number of carboxylic acid groups (broad SMARTS) is 1. The molecule has 1 aromatic rings. The fourth-order valence-electron chi connectivity index (χ4n) is 1.94. The maximum atomic E-state index is 12.5. The standard InChI is InChI=1S/C12H15NO4S2/c1-8-3-5-13(6-4-8)19(16,17)11-7-10(12(14)15)18-9(11)2/h3,7H,4-6H2,1-2H3,(H,14,15). The summed E-state index contributed by atoms with van der Waals surface area (Å²) in [6.07, 6.45) is 2.61. The molecule has 0 bridgehead atoms. The third kappa shape index (κ3) is 2.72. The first-order valence-electron chi connectivity index (χ1n) is 5.82. The third-order valence-corrected chi connectivity index (χ3v) is 6.26. The summed E-state index contributed by atoms with van der Waals surface area (Å²) in [6.45, 7) is 4.41. The molecule has 5 nitrogen and oxygen atoms in total. The SMILES string of the molecule is CC1=CCN(S(=O)(=O)c2cc(C(=O)O)sc2C)CC1. The van der Waals surface area contributed by atoms with Crippen molar-refractivity contribution in [3.05, 3.63) is 27.5 Å². The van der Waals surface area contributed by atoms with E-state index in [4.69, 9.17) is 5.11 Å². The Morgan fingerprint density at radius 3 is 2.58 bits per heavy atom. The van der Waals surface area contributed by atoms with Crippen molar-refractivity contribution in [2.75, 3.05) is 13.1 Å². The molecule has 0 aliphatic carbocycles. The minimum atomic E-state index is -3.59. The molecule has 0 fully saturated rings. The van der Waals surface area contributed by atoms with E-state index in [0.29, 0.717) is 24.4 Å². The molecule has 0 spiro atoms. The lowest BCUT2D eigenvalue weighted by atomic mass is 10.1. The summed E-state index contributed by atoms with van der Waals surface area (Å²) >= 11 is 0.993. The van der Waals surface area contributed by atoms with Crippen molar-refractivity contribution in [2.24, 2.45) is 0 Å². The molecule has 7 heteroatoms. The molecular formula is C12H15NO4S2. The molecule has 0 saturated heterocycles. The van der Waals surface area contributed by atoms with Crippen LogP contribution in [0.2, 0.25) is 0 Å². The van der Waals surface area contributed by atoms with Crippen molar-refractivity contribution in [3.63, 3.8) is 0 Å². The third-order valence-electron chi connectivity index (χ3n) is 3.10.